The number of nitrogens with zero attached hydrogens (tertiary/aromatic N) is 1. The largest absolute Gasteiger partial charge is 0.494 e. The molecule has 0 bridgehead atoms. The Morgan fingerprint density at radius 2 is 1.57 bits per heavy atom. The van der Waals surface area contributed by atoms with Gasteiger partial charge in [0.2, 0.25) is 0 Å². The van der Waals surface area contributed by atoms with Crippen molar-refractivity contribution < 1.29 is 14.3 Å². The maximum absolute atomic E-state index is 12.3. The summed E-state index contributed by atoms with van der Waals surface area (Å²) < 4.78 is 11.1. The minimum Gasteiger partial charge on any atom is -0.494 e. The summed E-state index contributed by atoms with van der Waals surface area (Å²) in [6, 6.07) is 21.5. The maximum Gasteiger partial charge on any atom is 0.343 e. The topological polar surface area (TPSA) is 47.9 Å². The minimum atomic E-state index is -0.407. The second-order valence-electron chi connectivity index (χ2n) is 6.77. The highest BCUT2D eigenvalue weighted by Gasteiger charge is 2.09. The van der Waals surface area contributed by atoms with Gasteiger partial charge in [0.25, 0.3) is 0 Å². The quantitative estimate of drug-likeness (QED) is 0.164. The van der Waals surface area contributed by atoms with E-state index in [0.29, 0.717) is 22.9 Å². The van der Waals surface area contributed by atoms with Gasteiger partial charge in [0, 0.05) is 11.2 Å². The Morgan fingerprint density at radius 3 is 2.23 bits per heavy atom. The first kappa shape index (κ1) is 21.6. The van der Waals surface area contributed by atoms with Crippen LogP contribution in [0.5, 0.6) is 11.5 Å². The van der Waals surface area contributed by atoms with Gasteiger partial charge in [-0.05, 0) is 84.8 Å². The predicted molar refractivity (Wildman–Crippen MR) is 122 cm³/mol. The van der Waals surface area contributed by atoms with Gasteiger partial charge in [0.1, 0.15) is 11.5 Å². The number of benzene rings is 3. The lowest BCUT2D eigenvalue weighted by Gasteiger charge is -2.07. The first-order valence-electron chi connectivity index (χ1n) is 9.99. The van der Waals surface area contributed by atoms with Crippen LogP contribution in [0.25, 0.3) is 0 Å². The number of halogens is 1. The van der Waals surface area contributed by atoms with Crippen LogP contribution in [-0.2, 0) is 0 Å². The summed E-state index contributed by atoms with van der Waals surface area (Å²) in [5, 5.41) is 0.675. The number of esters is 1. The number of carbonyl (C=O) groups excluding carboxylic acids is 1. The molecule has 30 heavy (non-hydrogen) atoms. The molecule has 5 heteroatoms. The molecule has 0 amide bonds. The Labute approximate surface area is 182 Å². The molecular weight excluding hydrogens is 398 g/mol. The van der Waals surface area contributed by atoms with Crippen LogP contribution in [0.15, 0.2) is 77.8 Å². The van der Waals surface area contributed by atoms with Gasteiger partial charge in [-0.2, -0.15) is 0 Å². The molecule has 3 aromatic rings. The van der Waals surface area contributed by atoms with E-state index in [1.165, 1.54) is 0 Å². The van der Waals surface area contributed by atoms with Crippen molar-refractivity contribution >= 4 is 29.5 Å². The second kappa shape index (κ2) is 11.2. The Morgan fingerprint density at radius 1 is 0.900 bits per heavy atom. The second-order valence-corrected chi connectivity index (χ2v) is 7.21. The van der Waals surface area contributed by atoms with Gasteiger partial charge in [-0.15, -0.1) is 0 Å². The lowest BCUT2D eigenvalue weighted by atomic mass is 10.2. The van der Waals surface area contributed by atoms with E-state index in [1.54, 1.807) is 54.7 Å². The molecule has 0 saturated heterocycles. The van der Waals surface area contributed by atoms with Crippen LogP contribution in [-0.4, -0.2) is 18.8 Å². The number of hydrogen-bond donors (Lipinski definition) is 0. The summed E-state index contributed by atoms with van der Waals surface area (Å²) >= 11 is 5.87. The summed E-state index contributed by atoms with van der Waals surface area (Å²) in [5.74, 6) is 0.825. The predicted octanol–water partition coefficient (Wildman–Crippen LogP) is 6.88. The average molecular weight is 422 g/mol. The zero-order chi connectivity index (χ0) is 21.2. The summed E-state index contributed by atoms with van der Waals surface area (Å²) in [5.41, 5.74) is 2.19. The maximum atomic E-state index is 12.3. The van der Waals surface area contributed by atoms with E-state index >= 15 is 0 Å². The molecule has 0 aliphatic heterocycles. The molecule has 154 valence electrons. The van der Waals surface area contributed by atoms with Crippen molar-refractivity contribution in [2.24, 2.45) is 4.99 Å². The lowest BCUT2D eigenvalue weighted by molar-refractivity contribution is 0.0734. The SMILES string of the molecule is CCCCCOc1ccc(C(=O)Oc2ccc(C=Nc3ccc(Cl)cc3)cc2)cc1. The molecule has 0 saturated carbocycles. The zero-order valence-electron chi connectivity index (χ0n) is 16.9. The molecule has 0 fully saturated rings. The first-order chi connectivity index (χ1) is 14.6. The molecule has 0 N–H and O–H groups in total. The molecule has 0 aromatic heterocycles. The Kier molecular flexibility index (Phi) is 8.04. The van der Waals surface area contributed by atoms with Gasteiger partial charge in [-0.3, -0.25) is 4.99 Å². The van der Waals surface area contributed by atoms with Gasteiger partial charge in [0.15, 0.2) is 0 Å². The summed E-state index contributed by atoms with van der Waals surface area (Å²) in [7, 11) is 0. The molecule has 0 spiro atoms. The van der Waals surface area contributed by atoms with Crippen molar-refractivity contribution in [2.75, 3.05) is 6.61 Å². The van der Waals surface area contributed by atoms with Gasteiger partial charge in [-0.25, -0.2) is 4.79 Å². The van der Waals surface area contributed by atoms with E-state index < -0.39 is 5.97 Å². The van der Waals surface area contributed by atoms with Crippen molar-refractivity contribution in [3.8, 4) is 11.5 Å². The molecule has 3 aromatic carbocycles. The molecular formula is C25H24ClNO3. The first-order valence-corrected chi connectivity index (χ1v) is 10.4. The smallest absolute Gasteiger partial charge is 0.343 e. The molecule has 0 atom stereocenters. The molecule has 0 heterocycles. The van der Waals surface area contributed by atoms with E-state index in [0.717, 1.165) is 36.3 Å². The Hall–Kier alpha value is -3.11. The molecule has 0 radical (unpaired) electrons. The standard InChI is InChI=1S/C25H24ClNO3/c1-2-3-4-17-29-23-15-7-20(8-16-23)25(28)30-24-13-5-19(6-14-24)18-27-22-11-9-21(26)10-12-22/h5-16,18H,2-4,17H2,1H3. The van der Waals surface area contributed by atoms with Gasteiger partial charge >= 0.3 is 5.97 Å². The Balaban J connectivity index is 1.53. The molecule has 3 rings (SSSR count). The van der Waals surface area contributed by atoms with Crippen molar-refractivity contribution in [3.05, 3.63) is 88.9 Å². The van der Waals surface area contributed by atoms with Crippen molar-refractivity contribution in [3.63, 3.8) is 0 Å². The fourth-order valence-electron chi connectivity index (χ4n) is 2.69. The molecule has 0 unspecified atom stereocenters. The van der Waals surface area contributed by atoms with Crippen LogP contribution in [0.1, 0.15) is 42.1 Å². The molecule has 4 nitrogen and oxygen atoms in total. The number of aliphatic imine (C=N–C) groups is 1. The summed E-state index contributed by atoms with van der Waals surface area (Å²) in [6.45, 7) is 2.84. The van der Waals surface area contributed by atoms with E-state index in [1.807, 2.05) is 24.3 Å². The van der Waals surface area contributed by atoms with Crippen molar-refractivity contribution in [1.29, 1.82) is 0 Å². The molecule has 0 aliphatic rings. The van der Waals surface area contributed by atoms with Crippen molar-refractivity contribution in [1.82, 2.24) is 0 Å². The number of ether oxygens (including phenoxy) is 2. The van der Waals surface area contributed by atoms with Crippen LogP contribution in [0.2, 0.25) is 5.02 Å². The van der Waals surface area contributed by atoms with Crippen molar-refractivity contribution in [2.45, 2.75) is 26.2 Å². The molecule has 0 aliphatic carbocycles. The third kappa shape index (κ3) is 6.75. The van der Waals surface area contributed by atoms with Crippen LogP contribution in [0, 0.1) is 0 Å². The van der Waals surface area contributed by atoms with Gasteiger partial charge < -0.3 is 9.47 Å². The highest BCUT2D eigenvalue weighted by Crippen LogP contribution is 2.18. The minimum absolute atomic E-state index is 0.407. The van der Waals surface area contributed by atoms with E-state index in [2.05, 4.69) is 11.9 Å². The lowest BCUT2D eigenvalue weighted by Crippen LogP contribution is -2.08. The monoisotopic (exact) mass is 421 g/mol. The van der Waals surface area contributed by atoms with E-state index in [9.17, 15) is 4.79 Å². The van der Waals surface area contributed by atoms with Crippen LogP contribution in [0.4, 0.5) is 5.69 Å². The van der Waals surface area contributed by atoms with Crippen LogP contribution >= 0.6 is 11.6 Å². The Bertz CT molecular complexity index is 965. The van der Waals surface area contributed by atoms with E-state index in [-0.39, 0.29) is 0 Å². The van der Waals surface area contributed by atoms with Gasteiger partial charge in [-0.1, -0.05) is 31.4 Å². The highest BCUT2D eigenvalue weighted by molar-refractivity contribution is 6.30. The average Bonchev–Trinajstić information content (AvgIpc) is 2.78. The third-order valence-electron chi connectivity index (χ3n) is 4.39. The van der Waals surface area contributed by atoms with E-state index in [4.69, 9.17) is 21.1 Å². The van der Waals surface area contributed by atoms with Crippen LogP contribution < -0.4 is 9.47 Å². The fraction of sp³-hybridized carbons (Fsp3) is 0.200. The summed E-state index contributed by atoms with van der Waals surface area (Å²) in [6.07, 6.45) is 5.08. The zero-order valence-corrected chi connectivity index (χ0v) is 17.6. The summed E-state index contributed by atoms with van der Waals surface area (Å²) in [4.78, 5) is 16.7. The normalized spacial score (nSPS) is 10.9. The number of unbranched alkanes of at least 4 members (excludes halogenated alkanes) is 2. The number of rotatable bonds is 9. The number of carbonyl (C=O) groups is 1. The third-order valence-corrected chi connectivity index (χ3v) is 4.64. The van der Waals surface area contributed by atoms with Crippen LogP contribution in [0.3, 0.4) is 0 Å². The fourth-order valence-corrected chi connectivity index (χ4v) is 2.82. The number of hydrogen-bond acceptors (Lipinski definition) is 4. The van der Waals surface area contributed by atoms with Gasteiger partial charge in [0.05, 0.1) is 17.9 Å². The highest BCUT2D eigenvalue weighted by atomic mass is 35.5.